The quantitative estimate of drug-likeness (QED) is 0.534. The minimum atomic E-state index is -0.978. The van der Waals surface area contributed by atoms with Gasteiger partial charge in [-0.15, -0.1) is 0 Å². The van der Waals surface area contributed by atoms with Crippen molar-refractivity contribution in [2.24, 2.45) is 0 Å². The molecule has 0 aliphatic carbocycles. The van der Waals surface area contributed by atoms with Crippen LogP contribution in [0.2, 0.25) is 0 Å². The van der Waals surface area contributed by atoms with Crippen LogP contribution in [0.1, 0.15) is 5.56 Å². The fraction of sp³-hybridized carbons (Fsp3) is 0.125. The average molecular weight is 192 g/mol. The molecule has 0 aromatic heterocycles. The Morgan fingerprint density at radius 2 is 2.15 bits per heavy atom. The van der Waals surface area contributed by atoms with Crippen molar-refractivity contribution in [3.05, 3.63) is 29.6 Å². The van der Waals surface area contributed by atoms with Gasteiger partial charge < -0.3 is 10.8 Å². The fourth-order valence-corrected chi connectivity index (χ4v) is 0.890. The number of anilines is 1. The normalized spacial score (nSPS) is 9.00. The van der Waals surface area contributed by atoms with Gasteiger partial charge >= 0.3 is 5.97 Å². The van der Waals surface area contributed by atoms with Crippen molar-refractivity contribution in [1.29, 1.82) is 0 Å². The first-order chi connectivity index (χ1) is 5.59. The Balaban J connectivity index is 0.00000144. The van der Waals surface area contributed by atoms with E-state index in [0.29, 0.717) is 5.56 Å². The summed E-state index contributed by atoms with van der Waals surface area (Å²) in [7, 11) is 0. The molecule has 0 unspecified atom stereocenters. The molecule has 1 rings (SSSR count). The van der Waals surface area contributed by atoms with Gasteiger partial charge in [0.2, 0.25) is 0 Å². The fourth-order valence-electron chi connectivity index (χ4n) is 0.890. The summed E-state index contributed by atoms with van der Waals surface area (Å²) in [5.74, 6) is -1.44. The molecule has 1 radical (unpaired) electrons. The van der Waals surface area contributed by atoms with E-state index in [1.807, 2.05) is 0 Å². The van der Waals surface area contributed by atoms with E-state index in [0.717, 1.165) is 6.07 Å². The molecule has 0 fully saturated rings. The van der Waals surface area contributed by atoms with Crippen LogP contribution < -0.4 is 5.73 Å². The van der Waals surface area contributed by atoms with Gasteiger partial charge in [0, 0.05) is 35.2 Å². The number of nitrogens with two attached hydrogens (primary N) is 1. The summed E-state index contributed by atoms with van der Waals surface area (Å²) in [6.45, 7) is 0. The number of carboxylic acid groups (broad SMARTS) is 1. The summed E-state index contributed by atoms with van der Waals surface area (Å²) in [6.07, 6.45) is -0.174. The van der Waals surface area contributed by atoms with Crippen LogP contribution in [0.25, 0.3) is 0 Å². The maximum absolute atomic E-state index is 12.5. The van der Waals surface area contributed by atoms with Crippen LogP contribution in [0, 0.1) is 5.82 Å². The number of carboxylic acids is 1. The molecule has 3 N–H and O–H groups in total. The molecule has 1 aromatic carbocycles. The number of halogens is 1. The first-order valence-corrected chi connectivity index (χ1v) is 3.35. The number of aliphatic carboxylic acids is 1. The zero-order valence-corrected chi connectivity index (χ0v) is 9.25. The first kappa shape index (κ1) is 12.4. The van der Waals surface area contributed by atoms with Gasteiger partial charge in [-0.25, -0.2) is 4.39 Å². The van der Waals surface area contributed by atoms with Crippen molar-refractivity contribution in [1.82, 2.24) is 0 Å². The van der Waals surface area contributed by atoms with Crippen molar-refractivity contribution in [2.45, 2.75) is 6.42 Å². The first-order valence-electron chi connectivity index (χ1n) is 3.35. The third-order valence-corrected chi connectivity index (χ3v) is 1.45. The van der Waals surface area contributed by atoms with Gasteiger partial charge in [-0.1, -0.05) is 6.07 Å². The molecule has 0 spiro atoms. The molecule has 0 aliphatic heterocycles. The molecule has 5 heteroatoms. The minimum absolute atomic E-state index is 0. The van der Waals surface area contributed by atoms with Crippen LogP contribution in [0.15, 0.2) is 18.2 Å². The van der Waals surface area contributed by atoms with Gasteiger partial charge in [0.05, 0.1) is 6.42 Å². The van der Waals surface area contributed by atoms with Crippen LogP contribution >= 0.6 is 0 Å². The van der Waals surface area contributed by atoms with Crippen LogP contribution in [-0.4, -0.2) is 40.6 Å². The van der Waals surface area contributed by atoms with Crippen LogP contribution in [0.5, 0.6) is 0 Å². The van der Waals surface area contributed by atoms with Crippen LogP contribution in [0.3, 0.4) is 0 Å². The van der Waals surface area contributed by atoms with Crippen molar-refractivity contribution < 1.29 is 14.3 Å². The Morgan fingerprint density at radius 3 is 2.62 bits per heavy atom. The Kier molecular flexibility index (Phi) is 4.98. The molecule has 0 amide bonds. The van der Waals surface area contributed by atoms with E-state index in [-0.39, 0.29) is 41.7 Å². The van der Waals surface area contributed by atoms with Crippen molar-refractivity contribution >= 4 is 41.2 Å². The predicted molar refractivity (Wildman–Crippen MR) is 47.9 cm³/mol. The molecule has 0 heterocycles. The van der Waals surface area contributed by atoms with E-state index in [1.165, 1.54) is 12.1 Å². The van der Waals surface area contributed by atoms with Crippen molar-refractivity contribution in [3.63, 3.8) is 0 Å². The van der Waals surface area contributed by atoms with E-state index in [1.54, 1.807) is 0 Å². The summed E-state index contributed by atoms with van der Waals surface area (Å²) >= 11 is 0. The molecular formula is C8H8FNNaO2. The molecule has 0 saturated heterocycles. The van der Waals surface area contributed by atoms with E-state index in [4.69, 9.17) is 10.8 Å². The molecular weight excluding hydrogens is 184 g/mol. The number of carbonyl (C=O) groups is 1. The maximum Gasteiger partial charge on any atom is 0.307 e. The van der Waals surface area contributed by atoms with E-state index in [2.05, 4.69) is 0 Å². The summed E-state index contributed by atoms with van der Waals surface area (Å²) in [4.78, 5) is 10.3. The predicted octanol–water partition coefficient (Wildman–Crippen LogP) is 0.654. The molecule has 0 atom stereocenters. The topological polar surface area (TPSA) is 63.3 Å². The number of hydrogen-bond donors (Lipinski definition) is 2. The SMILES string of the molecule is Nc1cc(F)ccc1CC(=O)O.[Na]. The minimum Gasteiger partial charge on any atom is -0.481 e. The van der Waals surface area contributed by atoms with E-state index >= 15 is 0 Å². The summed E-state index contributed by atoms with van der Waals surface area (Å²) < 4.78 is 12.5. The maximum atomic E-state index is 12.5. The van der Waals surface area contributed by atoms with Gasteiger partial charge in [0.1, 0.15) is 5.82 Å². The number of nitrogen functional groups attached to an aromatic ring is 1. The largest absolute Gasteiger partial charge is 0.481 e. The Bertz CT molecular complexity index is 317. The second-order valence-electron chi connectivity index (χ2n) is 2.41. The molecule has 0 aliphatic rings. The van der Waals surface area contributed by atoms with Gasteiger partial charge in [0.15, 0.2) is 0 Å². The van der Waals surface area contributed by atoms with Crippen LogP contribution in [0.4, 0.5) is 10.1 Å². The molecule has 13 heavy (non-hydrogen) atoms. The molecule has 3 nitrogen and oxygen atoms in total. The Labute approximate surface area is 97.0 Å². The third kappa shape index (κ3) is 3.76. The van der Waals surface area contributed by atoms with Gasteiger partial charge in [0.25, 0.3) is 0 Å². The van der Waals surface area contributed by atoms with Gasteiger partial charge in [-0.05, 0) is 17.7 Å². The summed E-state index contributed by atoms with van der Waals surface area (Å²) in [5, 5.41) is 8.41. The Hall–Kier alpha value is -0.580. The number of rotatable bonds is 2. The second-order valence-corrected chi connectivity index (χ2v) is 2.41. The summed E-state index contributed by atoms with van der Waals surface area (Å²) in [5.41, 5.74) is 5.98. The third-order valence-electron chi connectivity index (χ3n) is 1.45. The molecule has 0 bridgehead atoms. The van der Waals surface area contributed by atoms with Gasteiger partial charge in [-0.3, -0.25) is 4.79 Å². The van der Waals surface area contributed by atoms with E-state index in [9.17, 15) is 9.18 Å². The average Bonchev–Trinajstić information content (AvgIpc) is 1.94. The molecule has 0 saturated carbocycles. The van der Waals surface area contributed by atoms with Crippen LogP contribution in [-0.2, 0) is 11.2 Å². The Morgan fingerprint density at radius 1 is 1.54 bits per heavy atom. The zero-order chi connectivity index (χ0) is 9.14. The second kappa shape index (κ2) is 5.21. The molecule has 1 aromatic rings. The van der Waals surface area contributed by atoms with Gasteiger partial charge in [-0.2, -0.15) is 0 Å². The molecule has 65 valence electrons. The van der Waals surface area contributed by atoms with E-state index < -0.39 is 11.8 Å². The summed E-state index contributed by atoms with van der Waals surface area (Å²) in [6, 6.07) is 3.67. The zero-order valence-electron chi connectivity index (χ0n) is 7.25. The standard InChI is InChI=1S/C8H8FNO2.Na/c9-6-2-1-5(3-8(11)12)7(10)4-6;/h1-2,4H,3,10H2,(H,11,12);. The number of hydrogen-bond acceptors (Lipinski definition) is 2. The van der Waals surface area contributed by atoms with Crippen molar-refractivity contribution in [3.8, 4) is 0 Å². The van der Waals surface area contributed by atoms with Crippen molar-refractivity contribution in [2.75, 3.05) is 5.73 Å². The number of benzene rings is 1. The monoisotopic (exact) mass is 192 g/mol. The smallest absolute Gasteiger partial charge is 0.307 e.